The molecular weight excluding hydrogens is 283 g/mol. The molecule has 3 nitrogen and oxygen atoms in total. The summed E-state index contributed by atoms with van der Waals surface area (Å²) >= 11 is 0. The quantitative estimate of drug-likeness (QED) is 0.935. The molecule has 0 bridgehead atoms. The highest BCUT2D eigenvalue weighted by Gasteiger charge is 2.32. The fourth-order valence-electron chi connectivity index (χ4n) is 1.99. The third-order valence-electron chi connectivity index (χ3n) is 2.93. The predicted molar refractivity (Wildman–Crippen MR) is 73.0 cm³/mol. The minimum Gasteiger partial charge on any atom is -0.496 e. The van der Waals surface area contributed by atoms with Crippen molar-refractivity contribution in [3.63, 3.8) is 0 Å². The molecule has 112 valence electrons. The van der Waals surface area contributed by atoms with E-state index in [0.717, 1.165) is 0 Å². The zero-order valence-corrected chi connectivity index (χ0v) is 11.3. The highest BCUT2D eigenvalue weighted by molar-refractivity contribution is 5.72. The number of hydrogen-bond acceptors (Lipinski definition) is 3. The minimum atomic E-state index is -4.76. The van der Waals surface area contributed by atoms with Gasteiger partial charge in [-0.2, -0.15) is 0 Å². The average molecular weight is 297 g/mol. The summed E-state index contributed by atoms with van der Waals surface area (Å²) in [6.45, 7) is -0.0440. The van der Waals surface area contributed by atoms with Crippen LogP contribution in [0.1, 0.15) is 5.56 Å². The molecule has 0 spiro atoms. The van der Waals surface area contributed by atoms with Crippen molar-refractivity contribution in [3.8, 4) is 22.6 Å². The van der Waals surface area contributed by atoms with Gasteiger partial charge in [-0.15, -0.1) is 13.2 Å². The lowest BCUT2D eigenvalue weighted by Gasteiger charge is -2.15. The molecule has 0 aliphatic carbocycles. The number of alkyl halides is 3. The molecule has 0 amide bonds. The third kappa shape index (κ3) is 3.66. The number of halogens is 3. The summed E-state index contributed by atoms with van der Waals surface area (Å²) in [4.78, 5) is 0. The molecule has 0 aliphatic heterocycles. The van der Waals surface area contributed by atoms with Crippen molar-refractivity contribution in [2.45, 2.75) is 12.9 Å². The van der Waals surface area contributed by atoms with Crippen molar-refractivity contribution in [3.05, 3.63) is 48.0 Å². The number of hydrogen-bond donors (Lipinski definition) is 1. The Bertz CT molecular complexity index is 627. The van der Waals surface area contributed by atoms with Crippen LogP contribution in [0.5, 0.6) is 11.5 Å². The Morgan fingerprint density at radius 2 is 1.76 bits per heavy atom. The van der Waals surface area contributed by atoms with Crippen LogP contribution in [0.3, 0.4) is 0 Å². The van der Waals surface area contributed by atoms with E-state index >= 15 is 0 Å². The second kappa shape index (κ2) is 6.05. The van der Waals surface area contributed by atoms with E-state index in [1.165, 1.54) is 19.2 Å². The molecule has 21 heavy (non-hydrogen) atoms. The first kappa shape index (κ1) is 15.2. The van der Waals surface area contributed by atoms with Gasteiger partial charge in [0.25, 0.3) is 0 Å². The Hall–Kier alpha value is -2.21. The maximum atomic E-state index is 12.4. The second-order valence-corrected chi connectivity index (χ2v) is 4.27. The molecule has 0 fully saturated rings. The fourth-order valence-corrected chi connectivity index (χ4v) is 1.99. The molecule has 2 N–H and O–H groups in total. The minimum absolute atomic E-state index is 0.0440. The number of methoxy groups -OCH3 is 1. The van der Waals surface area contributed by atoms with Gasteiger partial charge < -0.3 is 15.2 Å². The first-order valence-corrected chi connectivity index (χ1v) is 6.16. The Morgan fingerprint density at radius 3 is 2.38 bits per heavy atom. The first-order valence-electron chi connectivity index (χ1n) is 6.16. The summed E-state index contributed by atoms with van der Waals surface area (Å²) in [7, 11) is 1.50. The lowest BCUT2D eigenvalue weighted by atomic mass is 10.0. The summed E-state index contributed by atoms with van der Waals surface area (Å²) < 4.78 is 46.6. The molecule has 2 rings (SSSR count). The Kier molecular flexibility index (Phi) is 4.37. The molecule has 0 saturated carbocycles. The van der Waals surface area contributed by atoms with E-state index < -0.39 is 6.36 Å². The van der Waals surface area contributed by atoms with Crippen LogP contribution in [0.2, 0.25) is 0 Å². The number of nitrogens with two attached hydrogens (primary N) is 1. The summed E-state index contributed by atoms with van der Waals surface area (Å²) in [5.41, 5.74) is 6.96. The van der Waals surface area contributed by atoms with E-state index in [9.17, 15) is 13.2 Å². The third-order valence-corrected chi connectivity index (χ3v) is 2.93. The van der Waals surface area contributed by atoms with Crippen LogP contribution in [0.4, 0.5) is 13.2 Å². The van der Waals surface area contributed by atoms with E-state index in [0.29, 0.717) is 16.9 Å². The zero-order chi connectivity index (χ0) is 15.5. The lowest BCUT2D eigenvalue weighted by molar-refractivity contribution is -0.274. The van der Waals surface area contributed by atoms with Gasteiger partial charge in [-0.1, -0.05) is 30.3 Å². The molecule has 0 heterocycles. The van der Waals surface area contributed by atoms with Crippen LogP contribution in [-0.2, 0) is 6.54 Å². The monoisotopic (exact) mass is 297 g/mol. The van der Waals surface area contributed by atoms with Gasteiger partial charge in [-0.3, -0.25) is 0 Å². The first-order chi connectivity index (χ1) is 9.94. The van der Waals surface area contributed by atoms with Gasteiger partial charge in [0.15, 0.2) is 0 Å². The molecule has 0 aromatic heterocycles. The highest BCUT2D eigenvalue weighted by Crippen LogP contribution is 2.35. The summed E-state index contributed by atoms with van der Waals surface area (Å²) in [6.07, 6.45) is -4.76. The van der Waals surface area contributed by atoms with Crippen LogP contribution in [0, 0.1) is 0 Å². The van der Waals surface area contributed by atoms with Crippen LogP contribution in [0.25, 0.3) is 11.1 Å². The molecule has 0 aliphatic rings. The topological polar surface area (TPSA) is 44.5 Å². The lowest BCUT2D eigenvalue weighted by Crippen LogP contribution is -2.18. The Balaban J connectivity index is 2.48. The van der Waals surface area contributed by atoms with E-state index in [2.05, 4.69) is 4.74 Å². The van der Waals surface area contributed by atoms with Crippen LogP contribution >= 0.6 is 0 Å². The standard InChI is InChI=1S/C15H14F3NO2/c1-20-13-5-3-2-4-12(13)10-6-7-11(9-19)14(8-10)21-15(16,17)18/h2-8H,9,19H2,1H3. The molecule has 0 unspecified atom stereocenters. The van der Waals surface area contributed by atoms with Crippen molar-refractivity contribution in [2.24, 2.45) is 5.73 Å². The molecule has 0 radical (unpaired) electrons. The van der Waals surface area contributed by atoms with Crippen molar-refractivity contribution < 1.29 is 22.6 Å². The van der Waals surface area contributed by atoms with Gasteiger partial charge in [-0.25, -0.2) is 0 Å². The Morgan fingerprint density at radius 1 is 1.05 bits per heavy atom. The SMILES string of the molecule is COc1ccccc1-c1ccc(CN)c(OC(F)(F)F)c1. The second-order valence-electron chi connectivity index (χ2n) is 4.27. The van der Waals surface area contributed by atoms with E-state index in [1.807, 2.05) is 0 Å². The van der Waals surface area contributed by atoms with Crippen LogP contribution < -0.4 is 15.2 Å². The maximum Gasteiger partial charge on any atom is 0.573 e. The van der Waals surface area contributed by atoms with Crippen molar-refractivity contribution in [2.75, 3.05) is 7.11 Å². The molecule has 0 saturated heterocycles. The molecular formula is C15H14F3NO2. The molecule has 2 aromatic carbocycles. The summed E-state index contributed by atoms with van der Waals surface area (Å²) in [6, 6.07) is 11.6. The average Bonchev–Trinajstić information content (AvgIpc) is 2.45. The smallest absolute Gasteiger partial charge is 0.496 e. The summed E-state index contributed by atoms with van der Waals surface area (Å²) in [5, 5.41) is 0. The van der Waals surface area contributed by atoms with Crippen molar-refractivity contribution in [1.82, 2.24) is 0 Å². The molecule has 2 aromatic rings. The number of benzene rings is 2. The van der Waals surface area contributed by atoms with Gasteiger partial charge in [0.2, 0.25) is 0 Å². The van der Waals surface area contributed by atoms with E-state index in [-0.39, 0.29) is 17.9 Å². The number of ether oxygens (including phenoxy) is 2. The normalized spacial score (nSPS) is 11.3. The van der Waals surface area contributed by atoms with Crippen molar-refractivity contribution in [1.29, 1.82) is 0 Å². The van der Waals surface area contributed by atoms with Gasteiger partial charge >= 0.3 is 6.36 Å². The van der Waals surface area contributed by atoms with Gasteiger partial charge in [0.1, 0.15) is 11.5 Å². The zero-order valence-electron chi connectivity index (χ0n) is 11.3. The number of rotatable bonds is 4. The number of para-hydroxylation sites is 1. The van der Waals surface area contributed by atoms with E-state index in [1.54, 1.807) is 30.3 Å². The van der Waals surface area contributed by atoms with Gasteiger partial charge in [0.05, 0.1) is 7.11 Å². The van der Waals surface area contributed by atoms with Crippen molar-refractivity contribution >= 4 is 0 Å². The van der Waals surface area contributed by atoms with E-state index in [4.69, 9.17) is 10.5 Å². The molecule has 0 atom stereocenters. The summed E-state index contributed by atoms with van der Waals surface area (Å²) in [5.74, 6) is 0.268. The van der Waals surface area contributed by atoms with Crippen LogP contribution in [0.15, 0.2) is 42.5 Å². The van der Waals surface area contributed by atoms with Crippen LogP contribution in [-0.4, -0.2) is 13.5 Å². The highest BCUT2D eigenvalue weighted by atomic mass is 19.4. The largest absolute Gasteiger partial charge is 0.573 e. The molecule has 6 heteroatoms. The predicted octanol–water partition coefficient (Wildman–Crippen LogP) is 3.72. The Labute approximate surface area is 120 Å². The maximum absolute atomic E-state index is 12.4. The fraction of sp³-hybridized carbons (Fsp3) is 0.200. The van der Waals surface area contributed by atoms with Gasteiger partial charge in [0, 0.05) is 17.7 Å². The van der Waals surface area contributed by atoms with Gasteiger partial charge in [-0.05, 0) is 17.7 Å².